The maximum Gasteiger partial charge on any atom is 0.220 e. The van der Waals surface area contributed by atoms with Crippen molar-refractivity contribution in [1.82, 2.24) is 5.32 Å². The molecule has 1 N–H and O–H groups in total. The molecular formula is C13H24BrNO2. The Hall–Kier alpha value is -0.0900. The van der Waals surface area contributed by atoms with Gasteiger partial charge in [0.1, 0.15) is 0 Å². The molecule has 4 heteroatoms. The standard InChI is InChI=1S/C13H24BrNO2/c1-2-17-12-8-11(9-12)10-13(16)15-7-5-3-4-6-14/h11-12H,2-10H2,1H3,(H,15,16). The molecule has 0 aromatic rings. The Balaban J connectivity index is 1.92. The summed E-state index contributed by atoms with van der Waals surface area (Å²) in [6, 6.07) is 0. The topological polar surface area (TPSA) is 38.3 Å². The number of unbranched alkanes of at least 4 members (excludes halogenated alkanes) is 2. The summed E-state index contributed by atoms with van der Waals surface area (Å²) < 4.78 is 5.48. The number of hydrogen-bond donors (Lipinski definition) is 1. The van der Waals surface area contributed by atoms with Crippen LogP contribution in [-0.2, 0) is 9.53 Å². The van der Waals surface area contributed by atoms with Crippen LogP contribution in [0.3, 0.4) is 0 Å². The van der Waals surface area contributed by atoms with Crippen molar-refractivity contribution in [2.75, 3.05) is 18.5 Å². The molecule has 1 saturated carbocycles. The highest BCUT2D eigenvalue weighted by molar-refractivity contribution is 9.09. The van der Waals surface area contributed by atoms with Crippen molar-refractivity contribution in [3.8, 4) is 0 Å². The van der Waals surface area contributed by atoms with E-state index in [9.17, 15) is 4.79 Å². The molecule has 0 saturated heterocycles. The summed E-state index contributed by atoms with van der Waals surface area (Å²) in [5.41, 5.74) is 0. The van der Waals surface area contributed by atoms with Crippen LogP contribution in [0.5, 0.6) is 0 Å². The minimum atomic E-state index is 0.212. The molecule has 1 amide bonds. The molecule has 0 radical (unpaired) electrons. The lowest BCUT2D eigenvalue weighted by Crippen LogP contribution is -2.36. The van der Waals surface area contributed by atoms with Gasteiger partial charge in [-0.05, 0) is 38.5 Å². The lowest BCUT2D eigenvalue weighted by molar-refractivity contribution is -0.124. The normalized spacial score (nSPS) is 23.2. The van der Waals surface area contributed by atoms with Crippen LogP contribution in [0.25, 0.3) is 0 Å². The highest BCUT2D eigenvalue weighted by Gasteiger charge is 2.30. The molecule has 1 rings (SSSR count). The Morgan fingerprint density at radius 2 is 2.12 bits per heavy atom. The zero-order chi connectivity index (χ0) is 12.5. The van der Waals surface area contributed by atoms with E-state index in [2.05, 4.69) is 21.2 Å². The van der Waals surface area contributed by atoms with Crippen LogP contribution in [0.15, 0.2) is 0 Å². The molecule has 17 heavy (non-hydrogen) atoms. The third-order valence-corrected chi connectivity index (χ3v) is 3.76. The number of amides is 1. The molecule has 3 nitrogen and oxygen atoms in total. The summed E-state index contributed by atoms with van der Waals surface area (Å²) in [7, 11) is 0. The summed E-state index contributed by atoms with van der Waals surface area (Å²) >= 11 is 3.40. The zero-order valence-electron chi connectivity index (χ0n) is 10.7. The van der Waals surface area contributed by atoms with E-state index < -0.39 is 0 Å². The Bertz CT molecular complexity index is 217. The van der Waals surface area contributed by atoms with Crippen molar-refractivity contribution in [2.24, 2.45) is 5.92 Å². The van der Waals surface area contributed by atoms with Gasteiger partial charge in [0.2, 0.25) is 5.91 Å². The second-order valence-electron chi connectivity index (χ2n) is 4.72. The number of hydrogen-bond acceptors (Lipinski definition) is 2. The summed E-state index contributed by atoms with van der Waals surface area (Å²) in [5.74, 6) is 0.762. The maximum atomic E-state index is 11.6. The molecule has 0 spiro atoms. The molecule has 0 bridgehead atoms. The summed E-state index contributed by atoms with van der Waals surface area (Å²) in [4.78, 5) is 11.6. The van der Waals surface area contributed by atoms with Crippen LogP contribution in [0.4, 0.5) is 0 Å². The van der Waals surface area contributed by atoms with E-state index in [1.54, 1.807) is 0 Å². The Kier molecular flexibility index (Phi) is 7.86. The van der Waals surface area contributed by atoms with Gasteiger partial charge in [-0.2, -0.15) is 0 Å². The first-order valence-electron chi connectivity index (χ1n) is 6.70. The van der Waals surface area contributed by atoms with Crippen LogP contribution in [0.1, 0.15) is 45.4 Å². The molecule has 0 aromatic heterocycles. The predicted octanol–water partition coefficient (Wildman–Crippen LogP) is 2.87. The largest absolute Gasteiger partial charge is 0.378 e. The van der Waals surface area contributed by atoms with Crippen LogP contribution >= 0.6 is 15.9 Å². The number of ether oxygens (including phenoxy) is 1. The van der Waals surface area contributed by atoms with Gasteiger partial charge in [0.25, 0.3) is 0 Å². The third kappa shape index (κ3) is 6.41. The van der Waals surface area contributed by atoms with Gasteiger partial charge in [0, 0.05) is 24.9 Å². The van der Waals surface area contributed by atoms with Crippen LogP contribution in [0, 0.1) is 5.92 Å². The lowest BCUT2D eigenvalue weighted by Gasteiger charge is -2.34. The highest BCUT2D eigenvalue weighted by Crippen LogP contribution is 2.32. The van der Waals surface area contributed by atoms with Crippen molar-refractivity contribution in [2.45, 2.75) is 51.6 Å². The van der Waals surface area contributed by atoms with Crippen LogP contribution in [0.2, 0.25) is 0 Å². The van der Waals surface area contributed by atoms with Crippen LogP contribution in [-0.4, -0.2) is 30.5 Å². The van der Waals surface area contributed by atoms with Crippen LogP contribution < -0.4 is 5.32 Å². The Labute approximate surface area is 113 Å². The van der Waals surface area contributed by atoms with Gasteiger partial charge < -0.3 is 10.1 Å². The number of nitrogens with one attached hydrogen (secondary N) is 1. The molecule has 0 unspecified atom stereocenters. The van der Waals surface area contributed by atoms with Gasteiger partial charge >= 0.3 is 0 Å². The van der Waals surface area contributed by atoms with Crippen molar-refractivity contribution in [3.63, 3.8) is 0 Å². The second-order valence-corrected chi connectivity index (χ2v) is 5.51. The fraction of sp³-hybridized carbons (Fsp3) is 0.923. The number of halogens is 1. The lowest BCUT2D eigenvalue weighted by atomic mass is 9.80. The monoisotopic (exact) mass is 305 g/mol. The highest BCUT2D eigenvalue weighted by atomic mass is 79.9. The average Bonchev–Trinajstić information content (AvgIpc) is 2.26. The van der Waals surface area contributed by atoms with E-state index in [1.807, 2.05) is 6.92 Å². The van der Waals surface area contributed by atoms with E-state index in [1.165, 1.54) is 12.8 Å². The van der Waals surface area contributed by atoms with E-state index in [-0.39, 0.29) is 5.91 Å². The minimum Gasteiger partial charge on any atom is -0.378 e. The van der Waals surface area contributed by atoms with E-state index in [0.29, 0.717) is 18.4 Å². The fourth-order valence-electron chi connectivity index (χ4n) is 2.17. The molecule has 100 valence electrons. The molecule has 0 atom stereocenters. The molecule has 0 aromatic carbocycles. The summed E-state index contributed by atoms with van der Waals surface area (Å²) in [6.07, 6.45) is 6.67. The van der Waals surface area contributed by atoms with Gasteiger partial charge in [-0.1, -0.05) is 22.4 Å². The molecule has 1 fully saturated rings. The Morgan fingerprint density at radius 1 is 1.35 bits per heavy atom. The minimum absolute atomic E-state index is 0.212. The maximum absolute atomic E-state index is 11.6. The van der Waals surface area contributed by atoms with Gasteiger partial charge in [0.05, 0.1) is 6.10 Å². The SMILES string of the molecule is CCOC1CC(CC(=O)NCCCCCBr)C1. The predicted molar refractivity (Wildman–Crippen MR) is 73.4 cm³/mol. The Morgan fingerprint density at radius 3 is 2.76 bits per heavy atom. The quantitative estimate of drug-likeness (QED) is 0.525. The molecule has 1 aliphatic carbocycles. The van der Waals surface area contributed by atoms with E-state index in [0.717, 1.165) is 37.7 Å². The smallest absolute Gasteiger partial charge is 0.220 e. The first-order chi connectivity index (χ1) is 8.26. The number of carbonyl (C=O) groups is 1. The molecular weight excluding hydrogens is 282 g/mol. The summed E-state index contributed by atoms with van der Waals surface area (Å²) in [5, 5.41) is 4.05. The van der Waals surface area contributed by atoms with Crippen molar-refractivity contribution in [3.05, 3.63) is 0 Å². The number of alkyl halides is 1. The van der Waals surface area contributed by atoms with Gasteiger partial charge in [-0.25, -0.2) is 0 Å². The zero-order valence-corrected chi connectivity index (χ0v) is 12.3. The van der Waals surface area contributed by atoms with Crippen molar-refractivity contribution < 1.29 is 9.53 Å². The van der Waals surface area contributed by atoms with Gasteiger partial charge in [-0.15, -0.1) is 0 Å². The van der Waals surface area contributed by atoms with Crippen molar-refractivity contribution in [1.29, 1.82) is 0 Å². The molecule has 0 heterocycles. The third-order valence-electron chi connectivity index (χ3n) is 3.20. The molecule has 0 aliphatic heterocycles. The first kappa shape index (κ1) is 15.0. The second kappa shape index (κ2) is 8.92. The van der Waals surface area contributed by atoms with E-state index in [4.69, 9.17) is 4.74 Å². The fourth-order valence-corrected chi connectivity index (χ4v) is 2.57. The van der Waals surface area contributed by atoms with Gasteiger partial charge in [0.15, 0.2) is 0 Å². The first-order valence-corrected chi connectivity index (χ1v) is 7.82. The number of carbonyl (C=O) groups excluding carboxylic acids is 1. The number of rotatable bonds is 9. The average molecular weight is 306 g/mol. The summed E-state index contributed by atoms with van der Waals surface area (Å²) in [6.45, 7) is 3.64. The van der Waals surface area contributed by atoms with Crippen molar-refractivity contribution >= 4 is 21.8 Å². The van der Waals surface area contributed by atoms with E-state index >= 15 is 0 Å². The van der Waals surface area contributed by atoms with Gasteiger partial charge in [-0.3, -0.25) is 4.79 Å². The molecule has 1 aliphatic rings.